The summed E-state index contributed by atoms with van der Waals surface area (Å²) >= 11 is 0. The summed E-state index contributed by atoms with van der Waals surface area (Å²) in [6.45, 7) is -1.61. The minimum atomic E-state index is -4.51. The summed E-state index contributed by atoms with van der Waals surface area (Å²) in [4.78, 5) is 24.2. The van der Waals surface area contributed by atoms with E-state index < -0.39 is 24.7 Å². The van der Waals surface area contributed by atoms with Crippen molar-refractivity contribution in [1.29, 1.82) is 0 Å². The zero-order valence-corrected chi connectivity index (χ0v) is 11.3. The number of para-hydroxylation sites is 1. The lowest BCUT2D eigenvalue weighted by molar-refractivity contribution is -0.138. The van der Waals surface area contributed by atoms with Gasteiger partial charge in [0, 0.05) is 19.3 Å². The second-order valence-electron chi connectivity index (χ2n) is 4.38. The van der Waals surface area contributed by atoms with Gasteiger partial charge in [-0.2, -0.15) is 13.2 Å². The molecule has 1 N–H and O–H groups in total. The van der Waals surface area contributed by atoms with E-state index in [1.54, 1.807) is 18.2 Å². The Hall–Kier alpha value is -2.25. The number of carboxylic acid groups (broad SMARTS) is 1. The summed E-state index contributed by atoms with van der Waals surface area (Å²) < 4.78 is 37.0. The summed E-state index contributed by atoms with van der Waals surface area (Å²) in [7, 11) is 1.02. The summed E-state index contributed by atoms with van der Waals surface area (Å²) in [5, 5.41) is 8.68. The Morgan fingerprint density at radius 3 is 2.24 bits per heavy atom. The number of benzene rings is 1. The van der Waals surface area contributed by atoms with Crippen LogP contribution in [0.1, 0.15) is 6.42 Å². The molecule has 0 saturated heterocycles. The molecular weight excluding hydrogens is 289 g/mol. The van der Waals surface area contributed by atoms with Gasteiger partial charge in [0.15, 0.2) is 0 Å². The molecule has 0 aliphatic heterocycles. The topological polar surface area (TPSA) is 60.9 Å². The molecule has 1 rings (SSSR count). The van der Waals surface area contributed by atoms with Crippen molar-refractivity contribution < 1.29 is 27.9 Å². The van der Waals surface area contributed by atoms with Crippen LogP contribution < -0.4 is 4.90 Å². The molecule has 2 amide bonds. The third-order valence-corrected chi connectivity index (χ3v) is 2.59. The fourth-order valence-corrected chi connectivity index (χ4v) is 1.69. The molecule has 5 nitrogen and oxygen atoms in total. The average molecular weight is 304 g/mol. The van der Waals surface area contributed by atoms with E-state index in [1.807, 2.05) is 0 Å². The van der Waals surface area contributed by atoms with Crippen molar-refractivity contribution in [3.8, 4) is 0 Å². The third-order valence-electron chi connectivity index (χ3n) is 2.59. The van der Waals surface area contributed by atoms with Crippen LogP contribution >= 0.6 is 0 Å². The molecule has 0 aliphatic carbocycles. The van der Waals surface area contributed by atoms with Crippen LogP contribution in [0, 0.1) is 0 Å². The minimum Gasteiger partial charge on any atom is -0.481 e. The number of hydrogen-bond acceptors (Lipinski definition) is 2. The van der Waals surface area contributed by atoms with Gasteiger partial charge in [0.1, 0.15) is 6.54 Å². The summed E-state index contributed by atoms with van der Waals surface area (Å²) in [5.41, 5.74) is 0.345. The van der Waals surface area contributed by atoms with Crippen LogP contribution in [0.15, 0.2) is 30.3 Å². The average Bonchev–Trinajstić information content (AvgIpc) is 2.37. The highest BCUT2D eigenvalue weighted by Crippen LogP contribution is 2.19. The first-order valence-corrected chi connectivity index (χ1v) is 6.07. The molecule has 0 saturated carbocycles. The lowest BCUT2D eigenvalue weighted by Gasteiger charge is -2.28. The molecule has 0 aliphatic rings. The number of hydrogen-bond donors (Lipinski definition) is 1. The second-order valence-corrected chi connectivity index (χ2v) is 4.38. The molecule has 0 aromatic heterocycles. The van der Waals surface area contributed by atoms with Crippen molar-refractivity contribution in [3.63, 3.8) is 0 Å². The van der Waals surface area contributed by atoms with E-state index in [4.69, 9.17) is 5.11 Å². The van der Waals surface area contributed by atoms with E-state index in [0.717, 1.165) is 11.9 Å². The highest BCUT2D eigenvalue weighted by atomic mass is 19.4. The lowest BCUT2D eigenvalue weighted by atomic mass is 10.2. The van der Waals surface area contributed by atoms with E-state index in [2.05, 4.69) is 0 Å². The van der Waals surface area contributed by atoms with Gasteiger partial charge in [0.05, 0.1) is 6.42 Å². The van der Waals surface area contributed by atoms with Crippen molar-refractivity contribution in [3.05, 3.63) is 30.3 Å². The molecule has 116 valence electrons. The molecule has 1 aromatic carbocycles. The third kappa shape index (κ3) is 5.72. The molecule has 1 aromatic rings. The summed E-state index contributed by atoms with van der Waals surface area (Å²) in [6.07, 6.45) is -4.87. The number of rotatable bonds is 5. The van der Waals surface area contributed by atoms with E-state index in [-0.39, 0.29) is 13.0 Å². The van der Waals surface area contributed by atoms with Crippen molar-refractivity contribution in [2.24, 2.45) is 0 Å². The Morgan fingerprint density at radius 2 is 1.76 bits per heavy atom. The minimum absolute atomic E-state index is 0.208. The van der Waals surface area contributed by atoms with Gasteiger partial charge in [0.25, 0.3) is 0 Å². The molecule has 0 heterocycles. The highest BCUT2D eigenvalue weighted by Gasteiger charge is 2.33. The molecule has 21 heavy (non-hydrogen) atoms. The maximum absolute atomic E-state index is 12.3. The van der Waals surface area contributed by atoms with Gasteiger partial charge in [-0.1, -0.05) is 18.2 Å². The number of nitrogens with zero attached hydrogens (tertiary/aromatic N) is 2. The van der Waals surface area contributed by atoms with Crippen molar-refractivity contribution in [2.45, 2.75) is 12.6 Å². The maximum Gasteiger partial charge on any atom is 0.406 e. The standard InChI is InChI=1S/C13H15F3N2O3/c1-17(9-13(14,15)16)12(21)18(8-7-11(19)20)10-5-3-2-4-6-10/h2-6H,7-9H2,1H3,(H,19,20). The van der Waals surface area contributed by atoms with Crippen LogP contribution in [0.4, 0.5) is 23.7 Å². The molecule has 0 atom stereocenters. The van der Waals surface area contributed by atoms with Gasteiger partial charge in [0.2, 0.25) is 0 Å². The first kappa shape index (κ1) is 16.8. The monoisotopic (exact) mass is 304 g/mol. The number of alkyl halides is 3. The van der Waals surface area contributed by atoms with Crippen LogP contribution in [0.25, 0.3) is 0 Å². The lowest BCUT2D eigenvalue weighted by Crippen LogP contribution is -2.45. The summed E-state index contributed by atoms with van der Waals surface area (Å²) in [5.74, 6) is -1.14. The van der Waals surface area contributed by atoms with Gasteiger partial charge < -0.3 is 10.0 Å². The molecular formula is C13H15F3N2O3. The Morgan fingerprint density at radius 1 is 1.19 bits per heavy atom. The Kier molecular flexibility index (Phi) is 5.57. The first-order chi connectivity index (χ1) is 9.70. The quantitative estimate of drug-likeness (QED) is 0.909. The fraction of sp³-hybridized carbons (Fsp3) is 0.385. The smallest absolute Gasteiger partial charge is 0.406 e. The Labute approximate surface area is 119 Å². The molecule has 8 heteroatoms. The Bertz CT molecular complexity index is 491. The number of aliphatic carboxylic acids is 1. The molecule has 0 bridgehead atoms. The van der Waals surface area contributed by atoms with Crippen molar-refractivity contribution in [1.82, 2.24) is 4.90 Å². The molecule has 0 fully saturated rings. The second kappa shape index (κ2) is 6.96. The van der Waals surface area contributed by atoms with Crippen LogP contribution in [0.3, 0.4) is 0 Å². The summed E-state index contributed by atoms with van der Waals surface area (Å²) in [6, 6.07) is 7.06. The normalized spacial score (nSPS) is 11.0. The predicted octanol–water partition coefficient (Wildman–Crippen LogP) is 2.58. The number of amides is 2. The van der Waals surface area contributed by atoms with E-state index in [1.165, 1.54) is 12.1 Å². The number of carbonyl (C=O) groups excluding carboxylic acids is 1. The largest absolute Gasteiger partial charge is 0.481 e. The van der Waals surface area contributed by atoms with Gasteiger partial charge in [-0.3, -0.25) is 9.69 Å². The maximum atomic E-state index is 12.3. The van der Waals surface area contributed by atoms with Crippen molar-refractivity contribution in [2.75, 3.05) is 25.0 Å². The first-order valence-electron chi connectivity index (χ1n) is 6.07. The number of urea groups is 1. The van der Waals surface area contributed by atoms with Gasteiger partial charge >= 0.3 is 18.2 Å². The van der Waals surface area contributed by atoms with Gasteiger partial charge in [-0.05, 0) is 12.1 Å². The number of carbonyl (C=O) groups is 2. The van der Waals surface area contributed by atoms with Crippen LogP contribution in [0.2, 0.25) is 0 Å². The number of carboxylic acids is 1. The van der Waals surface area contributed by atoms with Gasteiger partial charge in [-0.15, -0.1) is 0 Å². The van der Waals surface area contributed by atoms with E-state index >= 15 is 0 Å². The zero-order valence-electron chi connectivity index (χ0n) is 11.3. The van der Waals surface area contributed by atoms with Crippen LogP contribution in [-0.2, 0) is 4.79 Å². The SMILES string of the molecule is CN(CC(F)(F)F)C(=O)N(CCC(=O)O)c1ccccc1. The number of anilines is 1. The van der Waals surface area contributed by atoms with Crippen molar-refractivity contribution >= 4 is 17.7 Å². The highest BCUT2D eigenvalue weighted by molar-refractivity contribution is 5.92. The zero-order chi connectivity index (χ0) is 16.0. The van der Waals surface area contributed by atoms with E-state index in [9.17, 15) is 22.8 Å². The predicted molar refractivity (Wildman–Crippen MR) is 70.1 cm³/mol. The van der Waals surface area contributed by atoms with Crippen LogP contribution in [0.5, 0.6) is 0 Å². The fourth-order valence-electron chi connectivity index (χ4n) is 1.69. The number of halogens is 3. The van der Waals surface area contributed by atoms with E-state index in [0.29, 0.717) is 10.6 Å². The van der Waals surface area contributed by atoms with Crippen LogP contribution in [-0.4, -0.2) is 48.3 Å². The Balaban J connectivity index is 2.90. The van der Waals surface area contributed by atoms with Gasteiger partial charge in [-0.25, -0.2) is 4.79 Å². The molecule has 0 spiro atoms. The molecule has 0 unspecified atom stereocenters. The molecule has 0 radical (unpaired) electrons.